The van der Waals surface area contributed by atoms with Crippen LogP contribution in [0.3, 0.4) is 0 Å². The van der Waals surface area contributed by atoms with E-state index in [-0.39, 0.29) is 17.9 Å². The summed E-state index contributed by atoms with van der Waals surface area (Å²) in [6.45, 7) is 5.77. The van der Waals surface area contributed by atoms with Crippen LogP contribution in [0, 0.1) is 11.8 Å². The summed E-state index contributed by atoms with van der Waals surface area (Å²) >= 11 is 0. The fourth-order valence-corrected chi connectivity index (χ4v) is 3.50. The number of carbonyl (C=O) groups is 2. The lowest BCUT2D eigenvalue weighted by Gasteiger charge is -2.41. The van der Waals surface area contributed by atoms with Crippen LogP contribution in [0.4, 0.5) is 0 Å². The zero-order valence-electron chi connectivity index (χ0n) is 12.3. The SMILES string of the molecule is CC(C(=O)N1CCCC(N2CCNCC2=O)C1)C1CC1. The molecule has 3 rings (SSSR count). The molecule has 2 atom stereocenters. The number of nitrogens with zero attached hydrogens (tertiary/aromatic N) is 2. The number of amides is 2. The maximum Gasteiger partial charge on any atom is 0.236 e. The fourth-order valence-electron chi connectivity index (χ4n) is 3.50. The van der Waals surface area contributed by atoms with Crippen LogP contribution < -0.4 is 5.32 Å². The third-order valence-corrected chi connectivity index (χ3v) is 4.99. The third kappa shape index (κ3) is 2.82. The summed E-state index contributed by atoms with van der Waals surface area (Å²) in [5.74, 6) is 1.28. The highest BCUT2D eigenvalue weighted by molar-refractivity contribution is 5.80. The van der Waals surface area contributed by atoms with Crippen molar-refractivity contribution in [3.8, 4) is 0 Å². The van der Waals surface area contributed by atoms with Crippen molar-refractivity contribution in [2.45, 2.75) is 38.6 Å². The quantitative estimate of drug-likeness (QED) is 0.816. The molecule has 5 nitrogen and oxygen atoms in total. The molecule has 112 valence electrons. The van der Waals surface area contributed by atoms with Crippen molar-refractivity contribution in [1.29, 1.82) is 0 Å². The monoisotopic (exact) mass is 279 g/mol. The molecule has 0 aromatic carbocycles. The molecule has 2 aliphatic heterocycles. The van der Waals surface area contributed by atoms with Gasteiger partial charge >= 0.3 is 0 Å². The summed E-state index contributed by atoms with van der Waals surface area (Å²) in [6, 6.07) is 0.230. The van der Waals surface area contributed by atoms with Gasteiger partial charge in [0.2, 0.25) is 11.8 Å². The van der Waals surface area contributed by atoms with E-state index in [1.165, 1.54) is 12.8 Å². The largest absolute Gasteiger partial charge is 0.340 e. The van der Waals surface area contributed by atoms with Crippen LogP contribution in [-0.2, 0) is 9.59 Å². The van der Waals surface area contributed by atoms with Crippen molar-refractivity contribution in [2.75, 3.05) is 32.7 Å². The minimum absolute atomic E-state index is 0.174. The van der Waals surface area contributed by atoms with E-state index in [4.69, 9.17) is 0 Å². The molecule has 5 heteroatoms. The van der Waals surface area contributed by atoms with Gasteiger partial charge in [0.05, 0.1) is 6.54 Å². The van der Waals surface area contributed by atoms with Crippen molar-refractivity contribution in [1.82, 2.24) is 15.1 Å². The third-order valence-electron chi connectivity index (χ3n) is 4.99. The predicted octanol–water partition coefficient (Wildman–Crippen LogP) is 0.455. The molecule has 3 fully saturated rings. The van der Waals surface area contributed by atoms with E-state index < -0.39 is 0 Å². The summed E-state index contributed by atoms with van der Waals surface area (Å²) in [5, 5.41) is 3.11. The summed E-state index contributed by atoms with van der Waals surface area (Å²) in [6.07, 6.45) is 4.47. The minimum atomic E-state index is 0.174. The molecule has 1 saturated carbocycles. The van der Waals surface area contributed by atoms with Crippen LogP contribution in [-0.4, -0.2) is 60.4 Å². The lowest BCUT2D eigenvalue weighted by Crippen LogP contribution is -2.58. The number of rotatable bonds is 3. The number of nitrogens with one attached hydrogen (secondary N) is 1. The average Bonchev–Trinajstić information content (AvgIpc) is 3.31. The van der Waals surface area contributed by atoms with Gasteiger partial charge in [0.25, 0.3) is 0 Å². The Bertz CT molecular complexity index is 395. The lowest BCUT2D eigenvalue weighted by atomic mass is 9.99. The highest BCUT2D eigenvalue weighted by Crippen LogP contribution is 2.37. The number of piperazine rings is 1. The van der Waals surface area contributed by atoms with Gasteiger partial charge in [0, 0.05) is 38.1 Å². The average molecular weight is 279 g/mol. The van der Waals surface area contributed by atoms with Gasteiger partial charge in [-0.1, -0.05) is 6.92 Å². The molecule has 0 radical (unpaired) electrons. The van der Waals surface area contributed by atoms with E-state index >= 15 is 0 Å². The molecule has 3 aliphatic rings. The number of likely N-dealkylation sites (tertiary alicyclic amines) is 1. The first kappa shape index (κ1) is 13.9. The summed E-state index contributed by atoms with van der Waals surface area (Å²) in [4.78, 5) is 28.5. The maximum absolute atomic E-state index is 12.5. The second kappa shape index (κ2) is 5.72. The van der Waals surface area contributed by atoms with Gasteiger partial charge in [-0.05, 0) is 31.6 Å². The Kier molecular flexibility index (Phi) is 3.96. The first-order valence-corrected chi connectivity index (χ1v) is 7.96. The van der Waals surface area contributed by atoms with Crippen molar-refractivity contribution >= 4 is 11.8 Å². The second-order valence-corrected chi connectivity index (χ2v) is 6.47. The molecule has 2 unspecified atom stereocenters. The number of hydrogen-bond acceptors (Lipinski definition) is 3. The normalized spacial score (nSPS) is 29.4. The summed E-state index contributed by atoms with van der Waals surface area (Å²) < 4.78 is 0. The minimum Gasteiger partial charge on any atom is -0.340 e. The first-order valence-electron chi connectivity index (χ1n) is 7.96. The predicted molar refractivity (Wildman–Crippen MR) is 76.1 cm³/mol. The Labute approximate surface area is 120 Å². The van der Waals surface area contributed by atoms with Gasteiger partial charge < -0.3 is 15.1 Å². The van der Waals surface area contributed by atoms with Crippen molar-refractivity contribution in [2.24, 2.45) is 11.8 Å². The fraction of sp³-hybridized carbons (Fsp3) is 0.867. The van der Waals surface area contributed by atoms with E-state index in [0.717, 1.165) is 39.0 Å². The second-order valence-electron chi connectivity index (χ2n) is 6.47. The molecule has 1 N–H and O–H groups in total. The molecule has 1 aliphatic carbocycles. The lowest BCUT2D eigenvalue weighted by molar-refractivity contribution is -0.142. The van der Waals surface area contributed by atoms with Crippen LogP contribution >= 0.6 is 0 Å². The highest BCUT2D eigenvalue weighted by Gasteiger charge is 2.37. The molecule has 0 aromatic rings. The molecule has 2 amide bonds. The molecule has 2 saturated heterocycles. The molecule has 2 heterocycles. The van der Waals surface area contributed by atoms with Crippen molar-refractivity contribution in [3.63, 3.8) is 0 Å². The molecule has 0 aromatic heterocycles. The number of piperidine rings is 1. The standard InChI is InChI=1S/C15H25N3O2/c1-11(12-4-5-12)15(20)17-7-2-3-13(10-17)18-8-6-16-9-14(18)19/h11-13,16H,2-10H2,1H3. The molecule has 0 bridgehead atoms. The van der Waals surface area contributed by atoms with Gasteiger partial charge in [0.1, 0.15) is 0 Å². The topological polar surface area (TPSA) is 52.7 Å². The van der Waals surface area contributed by atoms with Crippen LogP contribution in [0.5, 0.6) is 0 Å². The van der Waals surface area contributed by atoms with Gasteiger partial charge in [-0.25, -0.2) is 0 Å². The first-order chi connectivity index (χ1) is 9.66. The smallest absolute Gasteiger partial charge is 0.236 e. The Balaban J connectivity index is 1.60. The van der Waals surface area contributed by atoms with Crippen molar-refractivity contribution < 1.29 is 9.59 Å². The summed E-state index contributed by atoms with van der Waals surface area (Å²) in [7, 11) is 0. The Morgan fingerprint density at radius 1 is 1.30 bits per heavy atom. The zero-order valence-corrected chi connectivity index (χ0v) is 12.3. The van der Waals surface area contributed by atoms with Gasteiger partial charge in [-0.15, -0.1) is 0 Å². The van der Waals surface area contributed by atoms with Gasteiger partial charge in [0.15, 0.2) is 0 Å². The van der Waals surface area contributed by atoms with E-state index in [0.29, 0.717) is 18.4 Å². The number of carbonyl (C=O) groups excluding carboxylic acids is 2. The number of hydrogen-bond donors (Lipinski definition) is 1. The Hall–Kier alpha value is -1.10. The van der Waals surface area contributed by atoms with Crippen LogP contribution in [0.15, 0.2) is 0 Å². The van der Waals surface area contributed by atoms with Gasteiger partial charge in [-0.3, -0.25) is 9.59 Å². The van der Waals surface area contributed by atoms with Crippen LogP contribution in [0.2, 0.25) is 0 Å². The zero-order chi connectivity index (χ0) is 14.1. The molecule has 0 spiro atoms. The highest BCUT2D eigenvalue weighted by atomic mass is 16.2. The molecular weight excluding hydrogens is 254 g/mol. The van der Waals surface area contributed by atoms with Crippen LogP contribution in [0.25, 0.3) is 0 Å². The maximum atomic E-state index is 12.5. The Morgan fingerprint density at radius 3 is 2.80 bits per heavy atom. The summed E-state index contributed by atoms with van der Waals surface area (Å²) in [5.41, 5.74) is 0. The molecule has 20 heavy (non-hydrogen) atoms. The van der Waals surface area contributed by atoms with E-state index in [1.54, 1.807) is 0 Å². The van der Waals surface area contributed by atoms with E-state index in [9.17, 15) is 9.59 Å². The van der Waals surface area contributed by atoms with E-state index in [1.807, 2.05) is 9.80 Å². The van der Waals surface area contributed by atoms with Crippen molar-refractivity contribution in [3.05, 3.63) is 0 Å². The Morgan fingerprint density at radius 2 is 2.10 bits per heavy atom. The van der Waals surface area contributed by atoms with Crippen LogP contribution in [0.1, 0.15) is 32.6 Å². The van der Waals surface area contributed by atoms with Gasteiger partial charge in [-0.2, -0.15) is 0 Å². The van der Waals surface area contributed by atoms with E-state index in [2.05, 4.69) is 12.2 Å². The molecular formula is C15H25N3O2.